The van der Waals surface area contributed by atoms with Gasteiger partial charge < -0.3 is 0 Å². The molecule has 0 radical (unpaired) electrons. The lowest BCUT2D eigenvalue weighted by atomic mass is 10.6. The molecule has 4 rings (SSSR count). The molecule has 0 aliphatic carbocycles. The van der Waals surface area contributed by atoms with Gasteiger partial charge in [0, 0.05) is 9.81 Å². The molecule has 4 aliphatic heterocycles. The van der Waals surface area contributed by atoms with Crippen molar-refractivity contribution in [2.45, 2.75) is 27.7 Å². The molecule has 0 bridgehead atoms. The first-order chi connectivity index (χ1) is 11.5. The number of hydrogen-bond acceptors (Lipinski definition) is 8. The molecule has 0 amide bonds. The fourth-order valence-electron chi connectivity index (χ4n) is 1.96. The number of rotatable bonds is 1. The minimum absolute atomic E-state index is 1.41. The molecule has 4 aliphatic rings. The van der Waals surface area contributed by atoms with Gasteiger partial charge in [0.2, 0.25) is 0 Å². The minimum atomic E-state index is 1.41. The summed E-state index contributed by atoms with van der Waals surface area (Å²) < 4.78 is 5.81. The normalized spacial score (nSPS) is 24.8. The molecule has 0 aromatic rings. The predicted octanol–water partition coefficient (Wildman–Crippen LogP) is 9.35. The summed E-state index contributed by atoms with van der Waals surface area (Å²) >= 11 is 15.4. The molecular weight excluding hydrogens is 449 g/mol. The van der Waals surface area contributed by atoms with Crippen molar-refractivity contribution in [3.63, 3.8) is 0 Å². The Balaban J connectivity index is 1.43. The lowest BCUT2D eigenvalue weighted by molar-refractivity contribution is 1.57. The largest absolute Gasteiger partial charge is 0.0877 e. The molecule has 0 N–H and O–H groups in total. The van der Waals surface area contributed by atoms with E-state index in [0.29, 0.717) is 0 Å². The highest BCUT2D eigenvalue weighted by atomic mass is 32.2. The van der Waals surface area contributed by atoms with E-state index in [1.165, 1.54) is 46.4 Å². The molecule has 0 aromatic heterocycles. The first-order valence-electron chi connectivity index (χ1n) is 7.16. The minimum Gasteiger partial charge on any atom is -0.0877 e. The lowest BCUT2D eigenvalue weighted by Crippen LogP contribution is -1.74. The third-order valence-electron chi connectivity index (χ3n) is 3.50. The van der Waals surface area contributed by atoms with Crippen LogP contribution >= 0.6 is 94.1 Å². The summed E-state index contributed by atoms with van der Waals surface area (Å²) in [7, 11) is 0. The quantitative estimate of drug-likeness (QED) is 0.373. The fourth-order valence-corrected chi connectivity index (χ4v) is 12.4. The van der Waals surface area contributed by atoms with Gasteiger partial charge in [-0.05, 0) is 58.1 Å². The van der Waals surface area contributed by atoms with Crippen LogP contribution in [0.2, 0.25) is 0 Å². The molecule has 0 unspecified atom stereocenters. The van der Waals surface area contributed by atoms with E-state index < -0.39 is 0 Å². The second-order valence-corrected chi connectivity index (χ2v) is 15.0. The van der Waals surface area contributed by atoms with E-state index in [2.05, 4.69) is 38.5 Å². The molecule has 0 spiro atoms. The van der Waals surface area contributed by atoms with Crippen molar-refractivity contribution in [1.82, 2.24) is 0 Å². The molecule has 0 aromatic carbocycles. The van der Waals surface area contributed by atoms with Crippen molar-refractivity contribution in [3.05, 3.63) is 57.2 Å². The van der Waals surface area contributed by atoms with Crippen LogP contribution in [0.3, 0.4) is 0 Å². The van der Waals surface area contributed by atoms with E-state index in [1.807, 2.05) is 94.1 Å². The number of hydrogen-bond donors (Lipinski definition) is 0. The Morgan fingerprint density at radius 2 is 0.792 bits per heavy atom. The van der Waals surface area contributed by atoms with Gasteiger partial charge in [0.15, 0.2) is 0 Å². The van der Waals surface area contributed by atoms with Crippen LogP contribution in [0, 0.1) is 0 Å². The molecular formula is C16H14S8. The first-order valence-corrected chi connectivity index (χ1v) is 13.8. The molecule has 4 heterocycles. The zero-order chi connectivity index (χ0) is 16.8. The van der Waals surface area contributed by atoms with Gasteiger partial charge in [0.25, 0.3) is 0 Å². The maximum atomic E-state index is 2.33. The van der Waals surface area contributed by atoms with E-state index in [1.54, 1.807) is 0 Å². The molecule has 0 fully saturated rings. The second-order valence-electron chi connectivity index (χ2n) is 5.19. The van der Waals surface area contributed by atoms with Gasteiger partial charge in [-0.1, -0.05) is 94.1 Å². The second kappa shape index (κ2) is 7.70. The van der Waals surface area contributed by atoms with Crippen molar-refractivity contribution in [1.29, 1.82) is 0 Å². The zero-order valence-electron chi connectivity index (χ0n) is 13.4. The maximum Gasteiger partial charge on any atom is 0.0700 e. The van der Waals surface area contributed by atoms with Crippen molar-refractivity contribution < 1.29 is 0 Å². The molecule has 0 atom stereocenters. The van der Waals surface area contributed by atoms with Crippen LogP contribution in [0.5, 0.6) is 0 Å². The van der Waals surface area contributed by atoms with Crippen LogP contribution in [0.15, 0.2) is 57.2 Å². The topological polar surface area (TPSA) is 0 Å². The summed E-state index contributed by atoms with van der Waals surface area (Å²) in [5.41, 5.74) is 0. The average molecular weight is 463 g/mol. The van der Waals surface area contributed by atoms with Gasteiger partial charge >= 0.3 is 0 Å². The van der Waals surface area contributed by atoms with Crippen LogP contribution in [0.25, 0.3) is 0 Å². The number of thioether (sulfide) groups is 8. The predicted molar refractivity (Wildman–Crippen MR) is 128 cm³/mol. The van der Waals surface area contributed by atoms with Gasteiger partial charge in [-0.25, -0.2) is 0 Å². The molecule has 0 saturated carbocycles. The lowest BCUT2D eigenvalue weighted by Gasteiger charge is -2.05. The monoisotopic (exact) mass is 462 g/mol. The summed E-state index contributed by atoms with van der Waals surface area (Å²) in [5.74, 6) is 0. The highest BCUT2D eigenvalue weighted by Gasteiger charge is 2.28. The van der Waals surface area contributed by atoms with Crippen molar-refractivity contribution in [2.75, 3.05) is 0 Å². The van der Waals surface area contributed by atoms with E-state index in [4.69, 9.17) is 0 Å². The van der Waals surface area contributed by atoms with Crippen LogP contribution in [-0.2, 0) is 0 Å². The Morgan fingerprint density at radius 3 is 1.12 bits per heavy atom. The molecule has 126 valence electrons. The van der Waals surface area contributed by atoms with Gasteiger partial charge in [0.05, 0.1) is 16.9 Å². The van der Waals surface area contributed by atoms with Crippen molar-refractivity contribution in [3.8, 4) is 0 Å². The fraction of sp³-hybridized carbons (Fsp3) is 0.250. The third-order valence-corrected chi connectivity index (χ3v) is 14.7. The first kappa shape index (κ1) is 18.6. The summed E-state index contributed by atoms with van der Waals surface area (Å²) in [6, 6.07) is 0. The number of allylic oxidation sites excluding steroid dienone is 4. The van der Waals surface area contributed by atoms with Crippen LogP contribution in [0.1, 0.15) is 27.7 Å². The Labute approximate surface area is 177 Å². The standard InChI is InChI=1S/C16H14S8/c1-7-8(2)20-15(19-7)13-17-5-11(23-13)12-6-18-14(24-12)16-21-9(3)10(4)22-16/h5-6H,1-4H3. The summed E-state index contributed by atoms with van der Waals surface area (Å²) in [6.45, 7) is 8.88. The van der Waals surface area contributed by atoms with Gasteiger partial charge in [0.1, 0.15) is 0 Å². The van der Waals surface area contributed by atoms with Crippen LogP contribution < -0.4 is 0 Å². The Kier molecular flexibility index (Phi) is 5.96. The maximum absolute atomic E-state index is 2.33. The summed E-state index contributed by atoms with van der Waals surface area (Å²) in [4.78, 5) is 8.61. The zero-order valence-corrected chi connectivity index (χ0v) is 20.0. The van der Waals surface area contributed by atoms with Crippen molar-refractivity contribution in [2.24, 2.45) is 0 Å². The van der Waals surface area contributed by atoms with E-state index >= 15 is 0 Å². The van der Waals surface area contributed by atoms with Crippen molar-refractivity contribution >= 4 is 94.1 Å². The Bertz CT molecular complexity index is 706. The van der Waals surface area contributed by atoms with Crippen LogP contribution in [-0.4, -0.2) is 0 Å². The smallest absolute Gasteiger partial charge is 0.0700 e. The SMILES string of the molecule is CC1=C(C)SC(=C2SC=C(C3=CSC(=C4SC(C)=C(C)S4)S3)S2)S1. The van der Waals surface area contributed by atoms with E-state index in [0.717, 1.165) is 0 Å². The van der Waals surface area contributed by atoms with E-state index in [-0.39, 0.29) is 0 Å². The summed E-state index contributed by atoms with van der Waals surface area (Å²) in [5, 5.41) is 4.65. The van der Waals surface area contributed by atoms with Gasteiger partial charge in [-0.15, -0.1) is 0 Å². The highest BCUT2D eigenvalue weighted by Crippen LogP contribution is 2.63. The molecule has 0 saturated heterocycles. The Morgan fingerprint density at radius 1 is 0.458 bits per heavy atom. The third kappa shape index (κ3) is 3.77. The highest BCUT2D eigenvalue weighted by molar-refractivity contribution is 8.36. The molecule has 8 heteroatoms. The Hall–Kier alpha value is 1.24. The average Bonchev–Trinajstić information content (AvgIpc) is 3.29. The van der Waals surface area contributed by atoms with E-state index in [9.17, 15) is 0 Å². The molecule has 0 nitrogen and oxygen atoms in total. The summed E-state index contributed by atoms with van der Waals surface area (Å²) in [6.07, 6.45) is 0. The van der Waals surface area contributed by atoms with Gasteiger partial charge in [-0.2, -0.15) is 0 Å². The van der Waals surface area contributed by atoms with Gasteiger partial charge in [-0.3, -0.25) is 0 Å². The van der Waals surface area contributed by atoms with Crippen LogP contribution in [0.4, 0.5) is 0 Å². The molecule has 24 heavy (non-hydrogen) atoms.